The highest BCUT2D eigenvalue weighted by Crippen LogP contribution is 2.36. The second kappa shape index (κ2) is 4.03. The lowest BCUT2D eigenvalue weighted by molar-refractivity contribution is 0.143. The van der Waals surface area contributed by atoms with Gasteiger partial charge in [-0.15, -0.1) is 0 Å². The molecule has 1 aliphatic heterocycles. The minimum atomic E-state index is 0.273. The Bertz CT molecular complexity index is 250. The molecule has 1 saturated carbocycles. The maximum absolute atomic E-state index is 6.01. The molecule has 0 saturated heterocycles. The van der Waals surface area contributed by atoms with Gasteiger partial charge in [0.2, 0.25) is 0 Å². The van der Waals surface area contributed by atoms with Crippen LogP contribution in [0.25, 0.3) is 0 Å². The highest BCUT2D eigenvalue weighted by Gasteiger charge is 2.42. The fourth-order valence-electron chi connectivity index (χ4n) is 3.22. The van der Waals surface area contributed by atoms with E-state index < -0.39 is 0 Å². The van der Waals surface area contributed by atoms with E-state index in [2.05, 4.69) is 23.7 Å². The number of hydrogen-bond donors (Lipinski definition) is 1. The fraction of sp³-hybridized carbons (Fsp3) is 0.917. The summed E-state index contributed by atoms with van der Waals surface area (Å²) in [5, 5.41) is 0. The number of aliphatic imine (C=N–C) groups is 1. The first-order chi connectivity index (χ1) is 7.16. The second-order valence-electron chi connectivity index (χ2n) is 5.28. The molecule has 1 heterocycles. The summed E-state index contributed by atoms with van der Waals surface area (Å²) in [6.45, 7) is 5.37. The van der Waals surface area contributed by atoms with Crippen molar-refractivity contribution in [3.63, 3.8) is 0 Å². The van der Waals surface area contributed by atoms with Crippen molar-refractivity contribution in [1.82, 2.24) is 4.90 Å². The Kier molecular flexibility index (Phi) is 2.89. The van der Waals surface area contributed by atoms with Crippen molar-refractivity contribution in [3.05, 3.63) is 0 Å². The van der Waals surface area contributed by atoms with Gasteiger partial charge in [0.05, 0.1) is 12.1 Å². The zero-order valence-corrected chi connectivity index (χ0v) is 10.00. The smallest absolute Gasteiger partial charge is 0.192 e. The topological polar surface area (TPSA) is 41.6 Å². The lowest BCUT2D eigenvalue weighted by atomic mass is 9.88. The van der Waals surface area contributed by atoms with Crippen LogP contribution in [0.3, 0.4) is 0 Å². The van der Waals surface area contributed by atoms with Gasteiger partial charge < -0.3 is 10.6 Å². The zero-order chi connectivity index (χ0) is 10.9. The molecule has 15 heavy (non-hydrogen) atoms. The molecule has 1 aliphatic carbocycles. The molecule has 0 atom stereocenters. The fourth-order valence-corrected chi connectivity index (χ4v) is 3.22. The summed E-state index contributed by atoms with van der Waals surface area (Å²) in [7, 11) is 0. The molecule has 2 N–H and O–H groups in total. The van der Waals surface area contributed by atoms with Gasteiger partial charge in [0, 0.05) is 6.04 Å². The van der Waals surface area contributed by atoms with Crippen molar-refractivity contribution in [3.8, 4) is 0 Å². The second-order valence-corrected chi connectivity index (χ2v) is 5.28. The first-order valence-electron chi connectivity index (χ1n) is 6.25. The highest BCUT2D eigenvalue weighted by molar-refractivity contribution is 5.81. The summed E-state index contributed by atoms with van der Waals surface area (Å²) in [5.74, 6) is 0.770. The molecule has 1 fully saturated rings. The SMILES string of the molecule is CC(C)N1C(N)=NCC12CCCCCC2. The van der Waals surface area contributed by atoms with Crippen LogP contribution in [0.15, 0.2) is 4.99 Å². The van der Waals surface area contributed by atoms with Crippen LogP contribution in [-0.4, -0.2) is 29.0 Å². The van der Waals surface area contributed by atoms with Gasteiger partial charge in [0.15, 0.2) is 5.96 Å². The molecule has 1 spiro atoms. The van der Waals surface area contributed by atoms with Gasteiger partial charge in [-0.25, -0.2) is 0 Å². The van der Waals surface area contributed by atoms with Gasteiger partial charge in [0.1, 0.15) is 0 Å². The molecule has 0 amide bonds. The van der Waals surface area contributed by atoms with Crippen molar-refractivity contribution < 1.29 is 0 Å². The van der Waals surface area contributed by atoms with E-state index in [0.717, 1.165) is 12.5 Å². The first kappa shape index (κ1) is 10.8. The van der Waals surface area contributed by atoms with Gasteiger partial charge in [-0.1, -0.05) is 25.7 Å². The van der Waals surface area contributed by atoms with Crippen molar-refractivity contribution >= 4 is 5.96 Å². The van der Waals surface area contributed by atoms with E-state index in [1.165, 1.54) is 38.5 Å². The van der Waals surface area contributed by atoms with E-state index >= 15 is 0 Å². The first-order valence-corrected chi connectivity index (χ1v) is 6.25. The minimum absolute atomic E-state index is 0.273. The van der Waals surface area contributed by atoms with Crippen LogP contribution in [0.5, 0.6) is 0 Å². The Hall–Kier alpha value is -0.730. The number of rotatable bonds is 1. The minimum Gasteiger partial charge on any atom is -0.370 e. The molecule has 0 aromatic carbocycles. The molecule has 2 rings (SSSR count). The molecule has 0 unspecified atom stereocenters. The molecule has 2 aliphatic rings. The van der Waals surface area contributed by atoms with E-state index in [4.69, 9.17) is 5.73 Å². The summed E-state index contributed by atoms with van der Waals surface area (Å²) >= 11 is 0. The number of guanidine groups is 1. The predicted molar refractivity (Wildman–Crippen MR) is 63.9 cm³/mol. The maximum Gasteiger partial charge on any atom is 0.192 e. The van der Waals surface area contributed by atoms with Gasteiger partial charge in [0.25, 0.3) is 0 Å². The molecule has 3 heteroatoms. The molecule has 0 bridgehead atoms. The Balaban J connectivity index is 2.19. The van der Waals surface area contributed by atoms with Crippen LogP contribution < -0.4 is 5.73 Å². The van der Waals surface area contributed by atoms with E-state index in [1.54, 1.807) is 0 Å². The van der Waals surface area contributed by atoms with Crippen molar-refractivity contribution in [2.45, 2.75) is 64.0 Å². The van der Waals surface area contributed by atoms with Gasteiger partial charge in [-0.3, -0.25) is 4.99 Å². The van der Waals surface area contributed by atoms with E-state index in [9.17, 15) is 0 Å². The lowest BCUT2D eigenvalue weighted by Gasteiger charge is -2.41. The Labute approximate surface area is 92.7 Å². The third-order valence-corrected chi connectivity index (χ3v) is 3.84. The normalized spacial score (nSPS) is 25.8. The largest absolute Gasteiger partial charge is 0.370 e. The van der Waals surface area contributed by atoms with Gasteiger partial charge in [-0.05, 0) is 26.7 Å². The van der Waals surface area contributed by atoms with Crippen molar-refractivity contribution in [2.75, 3.05) is 6.54 Å². The van der Waals surface area contributed by atoms with Crippen molar-refractivity contribution in [1.29, 1.82) is 0 Å². The molecule has 86 valence electrons. The van der Waals surface area contributed by atoms with Crippen LogP contribution in [0.2, 0.25) is 0 Å². The molecular formula is C12H23N3. The summed E-state index contributed by atoms with van der Waals surface area (Å²) < 4.78 is 0. The molecule has 0 aromatic heterocycles. The molecule has 0 aromatic rings. The third kappa shape index (κ3) is 1.84. The van der Waals surface area contributed by atoms with Crippen LogP contribution in [0, 0.1) is 0 Å². The molecular weight excluding hydrogens is 186 g/mol. The molecule has 3 nitrogen and oxygen atoms in total. The lowest BCUT2D eigenvalue weighted by Crippen LogP contribution is -2.54. The van der Waals surface area contributed by atoms with E-state index in [-0.39, 0.29) is 5.54 Å². The van der Waals surface area contributed by atoms with E-state index in [1.807, 2.05) is 0 Å². The molecule has 0 radical (unpaired) electrons. The maximum atomic E-state index is 6.01. The Morgan fingerprint density at radius 1 is 1.20 bits per heavy atom. The zero-order valence-electron chi connectivity index (χ0n) is 10.00. The summed E-state index contributed by atoms with van der Waals surface area (Å²) in [6, 6.07) is 0.481. The monoisotopic (exact) mass is 209 g/mol. The Morgan fingerprint density at radius 2 is 1.80 bits per heavy atom. The van der Waals surface area contributed by atoms with Crippen LogP contribution in [-0.2, 0) is 0 Å². The quantitative estimate of drug-likeness (QED) is 0.718. The summed E-state index contributed by atoms with van der Waals surface area (Å²) in [6.07, 6.45) is 7.99. The van der Waals surface area contributed by atoms with E-state index in [0.29, 0.717) is 6.04 Å². The Morgan fingerprint density at radius 3 is 2.33 bits per heavy atom. The van der Waals surface area contributed by atoms with Crippen molar-refractivity contribution in [2.24, 2.45) is 10.7 Å². The van der Waals surface area contributed by atoms with Crippen LogP contribution >= 0.6 is 0 Å². The number of nitrogens with two attached hydrogens (primary N) is 1. The average Bonchev–Trinajstić information content (AvgIpc) is 2.35. The predicted octanol–water partition coefficient (Wildman–Crippen LogP) is 2.12. The van der Waals surface area contributed by atoms with Gasteiger partial charge >= 0.3 is 0 Å². The average molecular weight is 209 g/mol. The summed E-state index contributed by atoms with van der Waals surface area (Å²) in [4.78, 5) is 6.85. The number of hydrogen-bond acceptors (Lipinski definition) is 3. The highest BCUT2D eigenvalue weighted by atomic mass is 15.4. The number of nitrogens with zero attached hydrogens (tertiary/aromatic N) is 2. The summed E-state index contributed by atoms with van der Waals surface area (Å²) in [5.41, 5.74) is 6.28. The van der Waals surface area contributed by atoms with Gasteiger partial charge in [-0.2, -0.15) is 0 Å². The third-order valence-electron chi connectivity index (χ3n) is 3.84. The standard InChI is InChI=1S/C12H23N3/c1-10(2)15-11(13)14-9-12(15)7-5-3-4-6-8-12/h10H,3-9H2,1-2H3,(H2,13,14). The van der Waals surface area contributed by atoms with Crippen LogP contribution in [0.1, 0.15) is 52.4 Å². The van der Waals surface area contributed by atoms with Crippen LogP contribution in [0.4, 0.5) is 0 Å².